The zero-order valence-electron chi connectivity index (χ0n) is 15.9. The van der Waals surface area contributed by atoms with E-state index in [1.165, 1.54) is 4.90 Å². The molecule has 1 saturated heterocycles. The Kier molecular flexibility index (Phi) is 5.30. The molecule has 1 N–H and O–H groups in total. The molecule has 7 heteroatoms. The molecular formula is C20H25N3O4. The van der Waals surface area contributed by atoms with Crippen molar-refractivity contribution in [1.29, 1.82) is 0 Å². The van der Waals surface area contributed by atoms with Gasteiger partial charge in [0.15, 0.2) is 0 Å². The van der Waals surface area contributed by atoms with E-state index in [0.29, 0.717) is 42.2 Å². The van der Waals surface area contributed by atoms with Crippen LogP contribution in [0.2, 0.25) is 0 Å². The molecule has 1 fully saturated rings. The monoisotopic (exact) mass is 371 g/mol. The molecular weight excluding hydrogens is 346 g/mol. The smallest absolute Gasteiger partial charge is 0.326 e. The van der Waals surface area contributed by atoms with E-state index in [2.05, 4.69) is 30.9 Å². The van der Waals surface area contributed by atoms with Crippen LogP contribution >= 0.6 is 0 Å². The summed E-state index contributed by atoms with van der Waals surface area (Å²) in [4.78, 5) is 30.2. The van der Waals surface area contributed by atoms with Gasteiger partial charge in [-0.05, 0) is 36.8 Å². The molecule has 2 heterocycles. The number of benzene rings is 1. The number of aromatic nitrogens is 2. The summed E-state index contributed by atoms with van der Waals surface area (Å²) in [7, 11) is 0. The molecule has 1 aromatic carbocycles. The Morgan fingerprint density at radius 1 is 1.30 bits per heavy atom. The van der Waals surface area contributed by atoms with Crippen LogP contribution in [-0.4, -0.2) is 44.6 Å². The average molecular weight is 371 g/mol. The van der Waals surface area contributed by atoms with Crippen molar-refractivity contribution < 1.29 is 19.2 Å². The maximum Gasteiger partial charge on any atom is 0.326 e. The van der Waals surface area contributed by atoms with Gasteiger partial charge < -0.3 is 14.5 Å². The number of carbonyl (C=O) groups is 2. The van der Waals surface area contributed by atoms with E-state index < -0.39 is 12.0 Å². The summed E-state index contributed by atoms with van der Waals surface area (Å²) in [5.74, 6) is -0.250. The maximum atomic E-state index is 12.9. The van der Waals surface area contributed by atoms with E-state index >= 15 is 0 Å². The number of carboxylic acid groups (broad SMARTS) is 1. The van der Waals surface area contributed by atoms with Gasteiger partial charge in [0.2, 0.25) is 11.7 Å². The molecule has 0 bridgehead atoms. The van der Waals surface area contributed by atoms with Crippen LogP contribution in [-0.2, 0) is 11.2 Å². The molecule has 1 unspecified atom stereocenters. The predicted molar refractivity (Wildman–Crippen MR) is 99.2 cm³/mol. The Balaban J connectivity index is 1.83. The summed E-state index contributed by atoms with van der Waals surface area (Å²) in [6.07, 6.45) is 2.78. The third-order valence-electron chi connectivity index (χ3n) is 4.57. The molecule has 2 aromatic rings. The van der Waals surface area contributed by atoms with Crippen molar-refractivity contribution in [3.63, 3.8) is 0 Å². The summed E-state index contributed by atoms with van der Waals surface area (Å²) in [5.41, 5.74) is 1.14. The number of hydrogen-bond acceptors (Lipinski definition) is 5. The molecule has 1 aliphatic heterocycles. The van der Waals surface area contributed by atoms with Gasteiger partial charge in [0.1, 0.15) is 6.04 Å². The Labute approximate surface area is 158 Å². The minimum atomic E-state index is -0.954. The van der Waals surface area contributed by atoms with Gasteiger partial charge in [0.25, 0.3) is 5.91 Å². The van der Waals surface area contributed by atoms with Crippen LogP contribution in [0.5, 0.6) is 0 Å². The molecule has 1 amide bonds. The number of hydrogen-bond donors (Lipinski definition) is 1. The topological polar surface area (TPSA) is 96.5 Å². The molecule has 1 aromatic heterocycles. The number of carboxylic acids is 1. The lowest BCUT2D eigenvalue weighted by molar-refractivity contribution is -0.143. The highest BCUT2D eigenvalue weighted by molar-refractivity contribution is 5.97. The second kappa shape index (κ2) is 7.50. The first-order valence-electron chi connectivity index (χ1n) is 9.21. The molecule has 3 rings (SSSR count). The molecule has 0 radical (unpaired) electrons. The molecule has 0 saturated carbocycles. The van der Waals surface area contributed by atoms with Crippen LogP contribution in [0.1, 0.15) is 56.3 Å². The molecule has 7 nitrogen and oxygen atoms in total. The highest BCUT2D eigenvalue weighted by Gasteiger charge is 2.32. The van der Waals surface area contributed by atoms with Gasteiger partial charge in [0, 0.05) is 24.1 Å². The summed E-state index contributed by atoms with van der Waals surface area (Å²) in [6.45, 7) is 6.73. The fraction of sp³-hybridized carbons (Fsp3) is 0.500. The van der Waals surface area contributed by atoms with Crippen LogP contribution in [0.3, 0.4) is 0 Å². The Morgan fingerprint density at radius 3 is 2.78 bits per heavy atom. The lowest BCUT2D eigenvalue weighted by Crippen LogP contribution is -2.47. The van der Waals surface area contributed by atoms with Crippen LogP contribution in [0.4, 0.5) is 0 Å². The highest BCUT2D eigenvalue weighted by atomic mass is 16.5. The van der Waals surface area contributed by atoms with E-state index in [0.717, 1.165) is 12.8 Å². The standard InChI is InChI=1S/C20H25N3O4/c1-20(2,3)12-16-21-17(22-27-16)13-7-6-8-14(11-13)18(24)23-10-5-4-9-15(23)19(25)26/h6-8,11,15H,4-5,9-10,12H2,1-3H3,(H,25,26). The van der Waals surface area contributed by atoms with E-state index in [4.69, 9.17) is 4.52 Å². The summed E-state index contributed by atoms with van der Waals surface area (Å²) < 4.78 is 5.33. The molecule has 1 aliphatic rings. The summed E-state index contributed by atoms with van der Waals surface area (Å²) in [5, 5.41) is 13.4. The van der Waals surface area contributed by atoms with Crippen molar-refractivity contribution in [2.75, 3.05) is 6.54 Å². The zero-order chi connectivity index (χ0) is 19.6. The summed E-state index contributed by atoms with van der Waals surface area (Å²) in [6, 6.07) is 6.19. The highest BCUT2D eigenvalue weighted by Crippen LogP contribution is 2.24. The Bertz CT molecular complexity index is 838. The lowest BCUT2D eigenvalue weighted by atomic mass is 9.92. The third kappa shape index (κ3) is 4.53. The molecule has 1 atom stereocenters. The van der Waals surface area contributed by atoms with Crippen molar-refractivity contribution in [3.05, 3.63) is 35.7 Å². The van der Waals surface area contributed by atoms with Crippen LogP contribution in [0, 0.1) is 5.41 Å². The largest absolute Gasteiger partial charge is 0.480 e. The van der Waals surface area contributed by atoms with Gasteiger partial charge in [0.05, 0.1) is 0 Å². The van der Waals surface area contributed by atoms with Crippen molar-refractivity contribution in [3.8, 4) is 11.4 Å². The second-order valence-electron chi connectivity index (χ2n) is 8.18. The van der Waals surface area contributed by atoms with Crippen molar-refractivity contribution in [2.24, 2.45) is 5.41 Å². The first-order chi connectivity index (χ1) is 12.7. The minimum Gasteiger partial charge on any atom is -0.480 e. The third-order valence-corrected chi connectivity index (χ3v) is 4.57. The van der Waals surface area contributed by atoms with Gasteiger partial charge in [-0.1, -0.05) is 38.1 Å². The number of piperidine rings is 1. The van der Waals surface area contributed by atoms with Crippen LogP contribution in [0.15, 0.2) is 28.8 Å². The zero-order valence-corrected chi connectivity index (χ0v) is 15.9. The normalized spacial score (nSPS) is 17.7. The maximum absolute atomic E-state index is 12.9. The number of likely N-dealkylation sites (tertiary alicyclic amines) is 1. The van der Waals surface area contributed by atoms with Gasteiger partial charge in [-0.3, -0.25) is 4.79 Å². The minimum absolute atomic E-state index is 0.0295. The fourth-order valence-corrected chi connectivity index (χ4v) is 3.29. The molecule has 0 aliphatic carbocycles. The number of nitrogens with zero attached hydrogens (tertiary/aromatic N) is 3. The summed E-state index contributed by atoms with van der Waals surface area (Å²) >= 11 is 0. The van der Waals surface area contributed by atoms with Crippen molar-refractivity contribution in [1.82, 2.24) is 15.0 Å². The molecule has 27 heavy (non-hydrogen) atoms. The van der Waals surface area contributed by atoms with Crippen molar-refractivity contribution >= 4 is 11.9 Å². The van der Waals surface area contributed by atoms with Crippen LogP contribution < -0.4 is 0 Å². The number of aliphatic carboxylic acids is 1. The number of rotatable bonds is 4. The number of carbonyl (C=O) groups excluding carboxylic acids is 1. The molecule has 144 valence electrons. The van der Waals surface area contributed by atoms with Crippen LogP contribution in [0.25, 0.3) is 11.4 Å². The van der Waals surface area contributed by atoms with Gasteiger partial charge in [-0.25, -0.2) is 4.79 Å². The first-order valence-corrected chi connectivity index (χ1v) is 9.21. The van der Waals surface area contributed by atoms with E-state index in [1.54, 1.807) is 18.2 Å². The molecule has 0 spiro atoms. The predicted octanol–water partition coefficient (Wildman–Crippen LogP) is 3.40. The van der Waals surface area contributed by atoms with E-state index in [9.17, 15) is 14.7 Å². The lowest BCUT2D eigenvalue weighted by Gasteiger charge is -2.33. The first kappa shape index (κ1) is 19.1. The van der Waals surface area contributed by atoms with E-state index in [-0.39, 0.29) is 11.3 Å². The Morgan fingerprint density at radius 2 is 2.07 bits per heavy atom. The van der Waals surface area contributed by atoms with Gasteiger partial charge in [-0.15, -0.1) is 0 Å². The average Bonchev–Trinajstić information content (AvgIpc) is 3.07. The van der Waals surface area contributed by atoms with Crippen molar-refractivity contribution in [2.45, 2.75) is 52.5 Å². The second-order valence-corrected chi connectivity index (χ2v) is 8.18. The number of amides is 1. The SMILES string of the molecule is CC(C)(C)Cc1nc(-c2cccc(C(=O)N3CCCCC3C(=O)O)c2)no1. The Hall–Kier alpha value is -2.70. The quantitative estimate of drug-likeness (QED) is 0.885. The van der Waals surface area contributed by atoms with Gasteiger partial charge >= 0.3 is 5.97 Å². The van der Waals surface area contributed by atoms with Gasteiger partial charge in [-0.2, -0.15) is 4.98 Å². The van der Waals surface area contributed by atoms with E-state index in [1.807, 2.05) is 6.07 Å². The fourth-order valence-electron chi connectivity index (χ4n) is 3.29.